The average Bonchev–Trinajstić information content (AvgIpc) is 2.61. The molecule has 1 heterocycles. The molecule has 5 N–H and O–H groups in total. The zero-order valence-electron chi connectivity index (χ0n) is 13.9. The van der Waals surface area contributed by atoms with Gasteiger partial charge in [0, 0.05) is 19.7 Å². The van der Waals surface area contributed by atoms with Gasteiger partial charge in [-0.3, -0.25) is 15.6 Å². The van der Waals surface area contributed by atoms with E-state index in [1.165, 1.54) is 6.33 Å². The number of rotatable bonds is 5. The highest BCUT2D eigenvalue weighted by Crippen LogP contribution is 2.22. The van der Waals surface area contributed by atoms with Crippen LogP contribution in [0.15, 0.2) is 48.8 Å². The quantitative estimate of drug-likeness (QED) is 0.526. The van der Waals surface area contributed by atoms with Crippen molar-refractivity contribution in [2.45, 2.75) is 0 Å². The van der Waals surface area contributed by atoms with E-state index in [0.29, 0.717) is 22.9 Å². The van der Waals surface area contributed by atoms with E-state index < -0.39 is 0 Å². The Balaban J connectivity index is 1.78. The van der Waals surface area contributed by atoms with E-state index in [2.05, 4.69) is 26.2 Å². The van der Waals surface area contributed by atoms with Crippen molar-refractivity contribution in [3.8, 4) is 0 Å². The smallest absolute Gasteiger partial charge is 0.270 e. The van der Waals surface area contributed by atoms with E-state index in [9.17, 15) is 4.79 Å². The number of hydrazine groups is 2. The Morgan fingerprint density at radius 2 is 1.76 bits per heavy atom. The number of nitrogens with zero attached hydrogens (tertiary/aromatic N) is 3. The summed E-state index contributed by atoms with van der Waals surface area (Å²) in [4.78, 5) is 20.6. The molecule has 0 bridgehead atoms. The van der Waals surface area contributed by atoms with Crippen molar-refractivity contribution in [3.63, 3.8) is 0 Å². The highest BCUT2D eigenvalue weighted by molar-refractivity contribution is 6.07. The summed E-state index contributed by atoms with van der Waals surface area (Å²) >= 11 is 0. The molecule has 0 saturated heterocycles. The predicted octanol–water partition coefficient (Wildman–Crippen LogP) is 1.86. The maximum Gasteiger partial charge on any atom is 0.270 e. The number of nitrogens with one attached hydrogen (secondary N) is 3. The number of carbonyl (C=O) groups excluding carboxylic acids is 1. The molecule has 3 rings (SSSR count). The number of nitrogens with two attached hydrogens (primary N) is 1. The molecule has 0 aliphatic rings. The highest BCUT2D eigenvalue weighted by Gasteiger charge is 2.12. The monoisotopic (exact) mass is 337 g/mol. The van der Waals surface area contributed by atoms with E-state index in [1.54, 1.807) is 11.1 Å². The number of hydrogen-bond acceptors (Lipinski definition) is 7. The third-order valence-corrected chi connectivity index (χ3v) is 3.54. The number of anilines is 3. The number of hydrogen-bond donors (Lipinski definition) is 4. The third-order valence-electron chi connectivity index (χ3n) is 3.54. The van der Waals surface area contributed by atoms with Crippen LogP contribution in [0.4, 0.5) is 17.3 Å². The van der Waals surface area contributed by atoms with Crippen molar-refractivity contribution in [2.75, 3.05) is 30.7 Å². The van der Waals surface area contributed by atoms with Crippen LogP contribution in [0.2, 0.25) is 0 Å². The third kappa shape index (κ3) is 3.59. The van der Waals surface area contributed by atoms with E-state index in [0.717, 1.165) is 10.8 Å². The molecule has 3 aromatic rings. The Morgan fingerprint density at radius 3 is 2.56 bits per heavy atom. The second-order valence-electron chi connectivity index (χ2n) is 5.60. The molecule has 2 aromatic carbocycles. The predicted molar refractivity (Wildman–Crippen MR) is 98.8 cm³/mol. The van der Waals surface area contributed by atoms with Crippen LogP contribution >= 0.6 is 0 Å². The van der Waals surface area contributed by atoms with Crippen LogP contribution in [-0.4, -0.2) is 35.0 Å². The van der Waals surface area contributed by atoms with Crippen molar-refractivity contribution in [2.24, 2.45) is 0 Å². The number of fused-ring (bicyclic) bond motifs is 1. The summed E-state index contributed by atoms with van der Waals surface area (Å²) in [5.74, 6) is 0.478. The fourth-order valence-corrected chi connectivity index (χ4v) is 2.40. The molecule has 0 atom stereocenters. The van der Waals surface area contributed by atoms with Gasteiger partial charge in [0.25, 0.3) is 5.91 Å². The van der Waals surface area contributed by atoms with Crippen molar-refractivity contribution in [1.82, 2.24) is 20.4 Å². The van der Waals surface area contributed by atoms with Crippen molar-refractivity contribution < 1.29 is 4.79 Å². The Kier molecular flexibility index (Phi) is 4.62. The van der Waals surface area contributed by atoms with E-state index in [4.69, 9.17) is 5.73 Å². The van der Waals surface area contributed by atoms with Gasteiger partial charge >= 0.3 is 0 Å². The first-order valence-electron chi connectivity index (χ1n) is 7.65. The van der Waals surface area contributed by atoms with E-state index in [-0.39, 0.29) is 5.91 Å². The van der Waals surface area contributed by atoms with E-state index in [1.807, 2.05) is 50.5 Å². The second-order valence-corrected chi connectivity index (χ2v) is 5.60. The summed E-state index contributed by atoms with van der Waals surface area (Å²) in [6.45, 7) is 0. The Hall–Kier alpha value is -3.39. The molecule has 0 saturated carbocycles. The molecule has 1 aromatic heterocycles. The SMILES string of the molecule is CN(C)Nc1ncnc(NNC(=O)c2cccc3ccccc23)c1N. The summed E-state index contributed by atoms with van der Waals surface area (Å²) in [5.41, 5.74) is 15.2. The normalized spacial score (nSPS) is 10.7. The van der Waals surface area contributed by atoms with Gasteiger partial charge in [-0.25, -0.2) is 15.0 Å². The molecule has 128 valence electrons. The molecule has 0 aliphatic carbocycles. The van der Waals surface area contributed by atoms with Crippen molar-refractivity contribution in [1.29, 1.82) is 0 Å². The van der Waals surface area contributed by atoms with Gasteiger partial charge in [0.15, 0.2) is 11.6 Å². The van der Waals surface area contributed by atoms with Crippen LogP contribution in [0.3, 0.4) is 0 Å². The van der Waals surface area contributed by atoms with Gasteiger partial charge in [0.1, 0.15) is 12.0 Å². The highest BCUT2D eigenvalue weighted by atomic mass is 16.2. The lowest BCUT2D eigenvalue weighted by molar-refractivity contribution is 0.0964. The van der Waals surface area contributed by atoms with E-state index >= 15 is 0 Å². The molecule has 0 fully saturated rings. The van der Waals surface area contributed by atoms with Gasteiger partial charge in [-0.05, 0) is 16.8 Å². The van der Waals surface area contributed by atoms with Gasteiger partial charge in [-0.15, -0.1) is 0 Å². The maximum absolute atomic E-state index is 12.5. The molecule has 0 spiro atoms. The Bertz CT molecular complexity index is 905. The van der Waals surface area contributed by atoms with Crippen LogP contribution in [0.25, 0.3) is 10.8 Å². The molecule has 8 nitrogen and oxygen atoms in total. The van der Waals surface area contributed by atoms with Crippen LogP contribution in [0, 0.1) is 0 Å². The number of carbonyl (C=O) groups is 1. The number of benzene rings is 2. The number of nitrogen functional groups attached to an aromatic ring is 1. The summed E-state index contributed by atoms with van der Waals surface area (Å²) in [7, 11) is 3.63. The number of aromatic nitrogens is 2. The molecule has 25 heavy (non-hydrogen) atoms. The molecule has 1 amide bonds. The number of amides is 1. The topological polar surface area (TPSA) is 108 Å². The molecule has 0 aliphatic heterocycles. The first kappa shape index (κ1) is 16.5. The summed E-state index contributed by atoms with van der Waals surface area (Å²) in [6.07, 6.45) is 1.36. The molecule has 0 unspecified atom stereocenters. The van der Waals surface area contributed by atoms with Gasteiger partial charge in [0.2, 0.25) is 0 Å². The van der Waals surface area contributed by atoms with Crippen molar-refractivity contribution in [3.05, 3.63) is 54.4 Å². The average molecular weight is 337 g/mol. The molecular formula is C17H19N7O. The lowest BCUT2D eigenvalue weighted by atomic mass is 10.0. The fourth-order valence-electron chi connectivity index (χ4n) is 2.40. The van der Waals surface area contributed by atoms with Gasteiger partial charge in [0.05, 0.1) is 0 Å². The maximum atomic E-state index is 12.5. The largest absolute Gasteiger partial charge is 0.393 e. The Morgan fingerprint density at radius 1 is 1.04 bits per heavy atom. The first-order valence-corrected chi connectivity index (χ1v) is 7.65. The van der Waals surface area contributed by atoms with Crippen LogP contribution in [0.5, 0.6) is 0 Å². The first-order chi connectivity index (χ1) is 12.1. The van der Waals surface area contributed by atoms with Gasteiger partial charge < -0.3 is 11.2 Å². The minimum absolute atomic E-state index is 0.281. The summed E-state index contributed by atoms with van der Waals surface area (Å²) in [6, 6.07) is 13.3. The lowest BCUT2D eigenvalue weighted by Crippen LogP contribution is -2.31. The molecular weight excluding hydrogens is 318 g/mol. The summed E-state index contributed by atoms with van der Waals surface area (Å²) < 4.78 is 0. The van der Waals surface area contributed by atoms with Gasteiger partial charge in [-0.2, -0.15) is 0 Å². The minimum atomic E-state index is -0.281. The van der Waals surface area contributed by atoms with Crippen LogP contribution in [0.1, 0.15) is 10.4 Å². The standard InChI is InChI=1S/C17H19N7O/c1-24(2)23-16-14(18)15(19-10-20-16)21-22-17(25)13-9-5-7-11-6-3-4-8-12(11)13/h3-10H,18H2,1-2H3,(H,22,25)(H2,19,20,21,23). The lowest BCUT2D eigenvalue weighted by Gasteiger charge is -2.16. The van der Waals surface area contributed by atoms with Crippen LogP contribution < -0.4 is 22.0 Å². The van der Waals surface area contributed by atoms with Crippen molar-refractivity contribution >= 4 is 34.0 Å². The Labute approximate surface area is 145 Å². The second kappa shape index (κ2) is 7.02. The minimum Gasteiger partial charge on any atom is -0.393 e. The van der Waals surface area contributed by atoms with Crippen LogP contribution in [-0.2, 0) is 0 Å². The zero-order chi connectivity index (χ0) is 17.8. The van der Waals surface area contributed by atoms with Gasteiger partial charge in [-0.1, -0.05) is 36.4 Å². The fraction of sp³-hybridized carbons (Fsp3) is 0.118. The summed E-state index contributed by atoms with van der Waals surface area (Å²) in [5, 5.41) is 3.57. The molecule has 8 heteroatoms. The molecule has 0 radical (unpaired) electrons. The zero-order valence-corrected chi connectivity index (χ0v) is 13.9.